The molecule has 1 aromatic carbocycles. The van der Waals surface area contributed by atoms with E-state index in [2.05, 4.69) is 36.4 Å². The molecule has 5 heteroatoms. The number of hydrogen-bond acceptors (Lipinski definition) is 5. The summed E-state index contributed by atoms with van der Waals surface area (Å²) in [5, 5.41) is 0. The molecule has 0 bridgehead atoms. The van der Waals surface area contributed by atoms with Crippen LogP contribution >= 0.6 is 0 Å². The maximum Gasteiger partial charge on any atom is 0.199 e. The van der Waals surface area contributed by atoms with Crippen LogP contribution < -0.4 is 0 Å². The molecule has 2 heterocycles. The molecule has 2 saturated carbocycles. The van der Waals surface area contributed by atoms with E-state index in [1.54, 1.807) is 0 Å². The minimum absolute atomic E-state index is 0.0442. The number of hydrogen-bond donors (Lipinski definition) is 0. The predicted octanol–water partition coefficient (Wildman–Crippen LogP) is 5.57. The van der Waals surface area contributed by atoms with Crippen LogP contribution in [-0.4, -0.2) is 37.7 Å². The topological polar surface area (TPSA) is 54.0 Å². The van der Waals surface area contributed by atoms with E-state index in [0.29, 0.717) is 30.5 Å². The molecule has 2 aliphatic heterocycles. The van der Waals surface area contributed by atoms with E-state index >= 15 is 0 Å². The van der Waals surface area contributed by atoms with Crippen LogP contribution in [0.5, 0.6) is 0 Å². The van der Waals surface area contributed by atoms with Crippen LogP contribution in [0.1, 0.15) is 69.8 Å². The van der Waals surface area contributed by atoms with Gasteiger partial charge in [-0.1, -0.05) is 30.3 Å². The lowest BCUT2D eigenvalue weighted by Gasteiger charge is -2.33. The maximum absolute atomic E-state index is 12.4. The zero-order chi connectivity index (χ0) is 22.5. The average molecular weight is 455 g/mol. The monoisotopic (exact) mass is 454 g/mol. The highest BCUT2D eigenvalue weighted by atomic mass is 16.7. The molecule has 0 aromatic heterocycles. The van der Waals surface area contributed by atoms with Crippen LogP contribution in [0.3, 0.4) is 0 Å². The van der Waals surface area contributed by atoms with Crippen molar-refractivity contribution < 1.29 is 23.7 Å². The van der Waals surface area contributed by atoms with Gasteiger partial charge in [-0.2, -0.15) is 0 Å². The van der Waals surface area contributed by atoms with Crippen molar-refractivity contribution in [1.82, 2.24) is 0 Å². The summed E-state index contributed by atoms with van der Waals surface area (Å²) in [6, 6.07) is 10.6. The van der Waals surface area contributed by atoms with Gasteiger partial charge < -0.3 is 18.9 Å². The van der Waals surface area contributed by atoms with Crippen molar-refractivity contribution in [2.24, 2.45) is 17.8 Å². The quantitative estimate of drug-likeness (QED) is 0.481. The van der Waals surface area contributed by atoms with Crippen LogP contribution in [0.4, 0.5) is 0 Å². The fourth-order valence-electron chi connectivity index (χ4n) is 6.15. The van der Waals surface area contributed by atoms with Crippen LogP contribution in [0.2, 0.25) is 0 Å². The van der Waals surface area contributed by atoms with Crippen molar-refractivity contribution in [2.75, 3.05) is 13.2 Å². The molecule has 2 saturated heterocycles. The van der Waals surface area contributed by atoms with E-state index in [-0.39, 0.29) is 24.6 Å². The van der Waals surface area contributed by atoms with Crippen molar-refractivity contribution in [3.8, 4) is 0 Å². The molecule has 180 valence electrons. The summed E-state index contributed by atoms with van der Waals surface area (Å²) >= 11 is 0. The van der Waals surface area contributed by atoms with Crippen molar-refractivity contribution in [1.29, 1.82) is 0 Å². The second-order valence-electron chi connectivity index (χ2n) is 10.1. The SMILES string of the molecule is O=C1C[C@H]2C[C@@H](OC3CCCCO3)[C@H](C(=CCCc3ccccc3)OC3CCCCO3)[C@H]2C1. The lowest BCUT2D eigenvalue weighted by Crippen LogP contribution is -2.34. The average Bonchev–Trinajstić information content (AvgIpc) is 3.35. The molecule has 4 fully saturated rings. The van der Waals surface area contributed by atoms with Gasteiger partial charge in [-0.05, 0) is 74.8 Å². The summed E-state index contributed by atoms with van der Waals surface area (Å²) < 4.78 is 25.0. The molecule has 5 rings (SSSR count). The second-order valence-corrected chi connectivity index (χ2v) is 10.1. The fraction of sp³-hybridized carbons (Fsp3) is 0.679. The first-order chi connectivity index (χ1) is 16.3. The Morgan fingerprint density at radius 2 is 1.73 bits per heavy atom. The Hall–Kier alpha value is -1.69. The first kappa shape index (κ1) is 23.1. The highest BCUT2D eigenvalue weighted by molar-refractivity contribution is 5.81. The minimum Gasteiger partial charge on any atom is -0.469 e. The third-order valence-corrected chi connectivity index (χ3v) is 7.78. The van der Waals surface area contributed by atoms with Crippen molar-refractivity contribution >= 4 is 5.78 Å². The third-order valence-electron chi connectivity index (χ3n) is 7.78. The number of allylic oxidation sites excluding steroid dienone is 1. The van der Waals surface area contributed by atoms with Crippen LogP contribution in [0.25, 0.3) is 0 Å². The molecule has 5 nitrogen and oxygen atoms in total. The summed E-state index contributed by atoms with van der Waals surface area (Å²) in [5.74, 6) is 2.18. The number of fused-ring (bicyclic) bond motifs is 1. The van der Waals surface area contributed by atoms with E-state index < -0.39 is 0 Å². The molecule has 4 aliphatic rings. The van der Waals surface area contributed by atoms with Gasteiger partial charge in [0.2, 0.25) is 0 Å². The van der Waals surface area contributed by atoms with Gasteiger partial charge in [0.1, 0.15) is 11.5 Å². The molecule has 1 aromatic rings. The zero-order valence-electron chi connectivity index (χ0n) is 19.7. The Morgan fingerprint density at radius 3 is 2.45 bits per heavy atom. The largest absolute Gasteiger partial charge is 0.469 e. The van der Waals surface area contributed by atoms with Gasteiger partial charge in [0.25, 0.3) is 0 Å². The highest BCUT2D eigenvalue weighted by Gasteiger charge is 2.51. The third kappa shape index (κ3) is 5.87. The van der Waals surface area contributed by atoms with E-state index in [1.807, 2.05) is 0 Å². The van der Waals surface area contributed by atoms with Crippen molar-refractivity contribution in [3.05, 3.63) is 47.7 Å². The van der Waals surface area contributed by atoms with Gasteiger partial charge in [0, 0.05) is 31.8 Å². The van der Waals surface area contributed by atoms with Gasteiger partial charge >= 0.3 is 0 Å². The van der Waals surface area contributed by atoms with E-state index in [1.165, 1.54) is 5.56 Å². The summed E-state index contributed by atoms with van der Waals surface area (Å²) in [7, 11) is 0. The molecule has 0 spiro atoms. The normalized spacial score (nSPS) is 34.9. The fourth-order valence-corrected chi connectivity index (χ4v) is 6.15. The standard InChI is InChI=1S/C28H38O5/c29-22-17-21-18-25(33-27-14-5-7-16-31-27)28(23(21)19-22)24(32-26-13-4-6-15-30-26)12-8-11-20-9-2-1-3-10-20/h1-3,9-10,12,21,23,25-28H,4-8,11,13-19H2/t21-,23-,25+,26?,27?,28-/m0/s1. The van der Waals surface area contributed by atoms with Gasteiger partial charge in [-0.15, -0.1) is 0 Å². The number of rotatable bonds is 8. The lowest BCUT2D eigenvalue weighted by atomic mass is 9.88. The number of aryl methyl sites for hydroxylation is 1. The molecule has 0 N–H and O–H groups in total. The molecular weight excluding hydrogens is 416 g/mol. The number of Topliss-reactive ketones (excluding diaryl/α,β-unsaturated/α-hetero) is 1. The minimum atomic E-state index is -0.190. The molecule has 33 heavy (non-hydrogen) atoms. The van der Waals surface area contributed by atoms with Crippen molar-refractivity contribution in [2.45, 2.75) is 89.3 Å². The Morgan fingerprint density at radius 1 is 0.970 bits per heavy atom. The Labute approximate surface area is 197 Å². The number of benzene rings is 1. The summed E-state index contributed by atoms with van der Waals surface area (Å²) in [4.78, 5) is 12.4. The van der Waals surface area contributed by atoms with Crippen molar-refractivity contribution in [3.63, 3.8) is 0 Å². The molecule has 6 atom stereocenters. The smallest absolute Gasteiger partial charge is 0.199 e. The van der Waals surface area contributed by atoms with Gasteiger partial charge in [0.05, 0.1) is 12.7 Å². The van der Waals surface area contributed by atoms with Gasteiger partial charge in [-0.25, -0.2) is 0 Å². The summed E-state index contributed by atoms with van der Waals surface area (Å²) in [6.45, 7) is 1.53. The molecule has 2 aliphatic carbocycles. The molecule has 0 amide bonds. The Balaban J connectivity index is 1.36. The first-order valence-electron chi connectivity index (χ1n) is 13.1. The van der Waals surface area contributed by atoms with E-state index in [0.717, 1.165) is 76.8 Å². The van der Waals surface area contributed by atoms with E-state index in [9.17, 15) is 4.79 Å². The Bertz CT molecular complexity index is 794. The van der Waals surface area contributed by atoms with Gasteiger partial charge in [-0.3, -0.25) is 4.79 Å². The summed E-state index contributed by atoms with van der Waals surface area (Å²) in [6.07, 6.45) is 12.5. The molecular formula is C28H38O5. The first-order valence-corrected chi connectivity index (χ1v) is 13.1. The predicted molar refractivity (Wildman–Crippen MR) is 125 cm³/mol. The summed E-state index contributed by atoms with van der Waals surface area (Å²) in [5.41, 5.74) is 1.32. The van der Waals surface area contributed by atoms with Gasteiger partial charge in [0.15, 0.2) is 12.6 Å². The molecule has 2 unspecified atom stereocenters. The zero-order valence-corrected chi connectivity index (χ0v) is 19.7. The van der Waals surface area contributed by atoms with E-state index in [4.69, 9.17) is 18.9 Å². The molecule has 0 radical (unpaired) electrons. The number of carbonyl (C=O) groups is 1. The van der Waals surface area contributed by atoms with Crippen LogP contribution in [-0.2, 0) is 30.2 Å². The maximum atomic E-state index is 12.4. The second kappa shape index (κ2) is 11.2. The van der Waals surface area contributed by atoms with Crippen LogP contribution in [0, 0.1) is 17.8 Å². The number of ketones is 1. The number of carbonyl (C=O) groups excluding carboxylic acids is 1. The Kier molecular flexibility index (Phi) is 7.80. The van der Waals surface area contributed by atoms with Crippen LogP contribution in [0.15, 0.2) is 42.2 Å². The number of ether oxygens (including phenoxy) is 4. The highest BCUT2D eigenvalue weighted by Crippen LogP contribution is 2.51. The lowest BCUT2D eigenvalue weighted by molar-refractivity contribution is -0.201.